The zero-order valence-electron chi connectivity index (χ0n) is 29.7. The molecular formula is C35H44Cl2N6O8. The standard InChI is InChI=1S/C35H44Cl2N6O8/c1-8-49-42-27-19-28(44)40-31(41-32(46)50-34(2,3)4)38-20-22-17-25(36)30(26(37)18-22)39-29(45)21-43(33(47)51-35(5,6)7)15-9-10-16-48-24-13-11-23(27)12-14-24/h9-14,17-18H,8,15-16,19-21H2,1-7H3,(H,39,45)(H2,38,40,41,44,46)/b10-9+,42-27-. The summed E-state index contributed by atoms with van der Waals surface area (Å²) in [5.41, 5.74) is -0.126. The summed E-state index contributed by atoms with van der Waals surface area (Å²) in [6.07, 6.45) is 1.59. The summed E-state index contributed by atoms with van der Waals surface area (Å²) in [6.45, 7) is 12.0. The minimum absolute atomic E-state index is 0.0437. The van der Waals surface area contributed by atoms with E-state index in [4.69, 9.17) is 42.3 Å². The van der Waals surface area contributed by atoms with Gasteiger partial charge in [0.1, 0.15) is 36.7 Å². The maximum Gasteiger partial charge on any atom is 0.414 e. The lowest BCUT2D eigenvalue weighted by Crippen LogP contribution is -2.46. The summed E-state index contributed by atoms with van der Waals surface area (Å²) < 4.78 is 16.7. The smallest absolute Gasteiger partial charge is 0.414 e. The van der Waals surface area contributed by atoms with E-state index in [-0.39, 0.29) is 61.0 Å². The number of aliphatic imine (C=N–C) groups is 1. The van der Waals surface area contributed by atoms with E-state index in [1.807, 2.05) is 0 Å². The number of guanidine groups is 1. The number of nitrogens with zero attached hydrogens (tertiary/aromatic N) is 3. The van der Waals surface area contributed by atoms with Crippen molar-refractivity contribution >= 4 is 64.6 Å². The number of anilines is 1. The Labute approximate surface area is 307 Å². The molecule has 4 bridgehead atoms. The highest BCUT2D eigenvalue weighted by molar-refractivity contribution is 6.40. The van der Waals surface area contributed by atoms with Crippen LogP contribution < -0.4 is 20.7 Å². The molecule has 0 spiro atoms. The van der Waals surface area contributed by atoms with Gasteiger partial charge in [0.25, 0.3) is 0 Å². The number of alkyl carbamates (subject to hydrolysis) is 1. The maximum absolute atomic E-state index is 13.3. The first kappa shape index (κ1) is 40.6. The van der Waals surface area contributed by atoms with Crippen LogP contribution in [0.5, 0.6) is 5.75 Å². The van der Waals surface area contributed by atoms with Crippen LogP contribution in [-0.4, -0.2) is 78.1 Å². The van der Waals surface area contributed by atoms with Crippen molar-refractivity contribution < 1.29 is 38.2 Å². The molecule has 0 aromatic heterocycles. The molecule has 14 nitrogen and oxygen atoms in total. The fourth-order valence-corrected chi connectivity index (χ4v) is 4.84. The van der Waals surface area contributed by atoms with Crippen molar-refractivity contribution in [2.24, 2.45) is 10.1 Å². The van der Waals surface area contributed by atoms with Gasteiger partial charge in [-0.05, 0) is 96.5 Å². The highest BCUT2D eigenvalue weighted by Crippen LogP contribution is 2.32. The van der Waals surface area contributed by atoms with Gasteiger partial charge in [0.15, 0.2) is 0 Å². The second-order valence-electron chi connectivity index (χ2n) is 13.1. The van der Waals surface area contributed by atoms with E-state index in [0.717, 1.165) is 0 Å². The molecule has 4 aliphatic heterocycles. The molecule has 276 valence electrons. The Morgan fingerprint density at radius 3 is 2.22 bits per heavy atom. The molecule has 2 aromatic rings. The number of hydrogen-bond donors (Lipinski definition) is 3. The summed E-state index contributed by atoms with van der Waals surface area (Å²) in [4.78, 5) is 62.9. The van der Waals surface area contributed by atoms with Crippen LogP contribution in [-0.2, 0) is 30.4 Å². The lowest BCUT2D eigenvalue weighted by Gasteiger charge is -2.26. The van der Waals surface area contributed by atoms with Gasteiger partial charge in [0, 0.05) is 12.1 Å². The van der Waals surface area contributed by atoms with E-state index in [1.165, 1.54) is 17.0 Å². The van der Waals surface area contributed by atoms with Gasteiger partial charge >= 0.3 is 12.2 Å². The first-order valence-electron chi connectivity index (χ1n) is 16.1. The van der Waals surface area contributed by atoms with Gasteiger partial charge in [-0.25, -0.2) is 14.6 Å². The van der Waals surface area contributed by atoms with Gasteiger partial charge in [0.05, 0.1) is 34.4 Å². The van der Waals surface area contributed by atoms with Gasteiger partial charge < -0.3 is 24.4 Å². The van der Waals surface area contributed by atoms with Gasteiger partial charge in [-0.2, -0.15) is 0 Å². The molecule has 0 atom stereocenters. The van der Waals surface area contributed by atoms with Crippen LogP contribution >= 0.6 is 23.2 Å². The van der Waals surface area contributed by atoms with Crippen LogP contribution in [0.4, 0.5) is 15.3 Å². The van der Waals surface area contributed by atoms with E-state index in [2.05, 4.69) is 26.1 Å². The molecule has 51 heavy (non-hydrogen) atoms. The van der Waals surface area contributed by atoms with E-state index < -0.39 is 35.2 Å². The molecule has 0 aliphatic carbocycles. The Morgan fingerprint density at radius 1 is 0.961 bits per heavy atom. The number of hydrogen-bond acceptors (Lipinski definition) is 10. The first-order chi connectivity index (χ1) is 23.9. The predicted molar refractivity (Wildman–Crippen MR) is 195 cm³/mol. The Balaban J connectivity index is 2.01. The van der Waals surface area contributed by atoms with Crippen molar-refractivity contribution in [2.45, 2.75) is 72.6 Å². The quantitative estimate of drug-likeness (QED) is 0.233. The molecular weight excluding hydrogens is 703 g/mol. The van der Waals surface area contributed by atoms with E-state index in [1.54, 1.807) is 84.9 Å². The number of ether oxygens (including phenoxy) is 3. The number of nitrogens with one attached hydrogen (secondary N) is 3. The molecule has 0 radical (unpaired) electrons. The Bertz CT molecular complexity index is 1640. The largest absolute Gasteiger partial charge is 0.490 e. The third kappa shape index (κ3) is 14.5. The van der Waals surface area contributed by atoms with Crippen LogP contribution in [0.25, 0.3) is 0 Å². The second kappa shape index (κ2) is 18.4. The van der Waals surface area contributed by atoms with Crippen molar-refractivity contribution in [3.63, 3.8) is 0 Å². The number of oxime groups is 1. The predicted octanol–water partition coefficient (Wildman–Crippen LogP) is 6.45. The van der Waals surface area contributed by atoms with Crippen LogP contribution in [0, 0.1) is 0 Å². The van der Waals surface area contributed by atoms with E-state index in [0.29, 0.717) is 22.6 Å². The fraction of sp³-hybridized carbons (Fsp3) is 0.429. The molecule has 16 heteroatoms. The molecule has 4 aliphatic rings. The first-order valence-corrected chi connectivity index (χ1v) is 16.8. The van der Waals surface area contributed by atoms with Crippen molar-refractivity contribution in [1.29, 1.82) is 0 Å². The lowest BCUT2D eigenvalue weighted by molar-refractivity contribution is -0.118. The van der Waals surface area contributed by atoms with Crippen LogP contribution in [0.2, 0.25) is 10.0 Å². The zero-order valence-corrected chi connectivity index (χ0v) is 31.2. The summed E-state index contributed by atoms with van der Waals surface area (Å²) in [7, 11) is 0. The number of halogens is 2. The number of carbonyl (C=O) groups is 4. The molecule has 4 heterocycles. The lowest BCUT2D eigenvalue weighted by atomic mass is 10.1. The van der Waals surface area contributed by atoms with Gasteiger partial charge in [-0.15, -0.1) is 0 Å². The Kier molecular flexibility index (Phi) is 14.7. The van der Waals surface area contributed by atoms with Gasteiger partial charge in [-0.3, -0.25) is 25.1 Å². The minimum Gasteiger partial charge on any atom is -0.490 e. The van der Waals surface area contributed by atoms with Gasteiger partial charge in [-0.1, -0.05) is 34.4 Å². The molecule has 6 rings (SSSR count). The average molecular weight is 748 g/mol. The average Bonchev–Trinajstić information content (AvgIpc) is 3.01. The molecule has 0 fully saturated rings. The highest BCUT2D eigenvalue weighted by Gasteiger charge is 2.25. The van der Waals surface area contributed by atoms with Crippen LogP contribution in [0.3, 0.4) is 0 Å². The molecule has 3 N–H and O–H groups in total. The number of benzene rings is 2. The van der Waals surface area contributed by atoms with Crippen molar-refractivity contribution in [1.82, 2.24) is 15.5 Å². The minimum atomic E-state index is -0.849. The van der Waals surface area contributed by atoms with Crippen LogP contribution in [0.15, 0.2) is 58.7 Å². The summed E-state index contributed by atoms with van der Waals surface area (Å²) in [6, 6.07) is 9.88. The van der Waals surface area contributed by atoms with E-state index in [9.17, 15) is 19.2 Å². The molecule has 2 aromatic carbocycles. The SMILES string of the molecule is CCO/N=C1/CC(=O)NC(NC(=O)OC(C)(C)C)=NCc2cc(Cl)c(c(Cl)c2)NC(=O)CN(C(=O)OC(C)(C)C)C/C=C/COc2ccc1cc2. The number of amides is 4. The summed E-state index contributed by atoms with van der Waals surface area (Å²) in [5, 5.41) is 12.0. The summed E-state index contributed by atoms with van der Waals surface area (Å²) in [5.74, 6) is -0.814. The van der Waals surface area contributed by atoms with Crippen molar-refractivity contribution in [3.05, 3.63) is 69.7 Å². The number of rotatable bonds is 2. The number of carbonyl (C=O) groups excluding carboxylic acids is 4. The molecule has 0 saturated heterocycles. The van der Waals surface area contributed by atoms with E-state index >= 15 is 0 Å². The molecule has 4 amide bonds. The monoisotopic (exact) mass is 746 g/mol. The Morgan fingerprint density at radius 2 is 1.61 bits per heavy atom. The van der Waals surface area contributed by atoms with Gasteiger partial charge in [0.2, 0.25) is 17.8 Å². The normalized spacial score (nSPS) is 16.6. The Hall–Kier alpha value is -4.82. The summed E-state index contributed by atoms with van der Waals surface area (Å²) >= 11 is 13.1. The van der Waals surface area contributed by atoms with Crippen LogP contribution in [0.1, 0.15) is 66.0 Å². The zero-order chi connectivity index (χ0) is 37.8. The molecule has 0 saturated carbocycles. The third-order valence-electron chi connectivity index (χ3n) is 6.31. The van der Waals surface area contributed by atoms with Crippen molar-refractivity contribution in [3.8, 4) is 5.75 Å². The van der Waals surface area contributed by atoms with Crippen molar-refractivity contribution in [2.75, 3.05) is 31.6 Å². The maximum atomic E-state index is 13.3. The molecule has 0 unspecified atom stereocenters. The second-order valence-corrected chi connectivity index (χ2v) is 13.9. The topological polar surface area (TPSA) is 169 Å². The third-order valence-corrected chi connectivity index (χ3v) is 6.90. The highest BCUT2D eigenvalue weighted by atomic mass is 35.5. The fourth-order valence-electron chi connectivity index (χ4n) is 4.22.